The Labute approximate surface area is 108 Å². The van der Waals surface area contributed by atoms with Crippen molar-refractivity contribution in [2.75, 3.05) is 0 Å². The summed E-state index contributed by atoms with van der Waals surface area (Å²) in [6.45, 7) is 3.72. The average molecular weight is 261 g/mol. The van der Waals surface area contributed by atoms with Crippen LogP contribution in [0.25, 0.3) is 0 Å². The van der Waals surface area contributed by atoms with Crippen LogP contribution in [0.2, 0.25) is 0 Å². The van der Waals surface area contributed by atoms with Crippen molar-refractivity contribution in [2.24, 2.45) is 0 Å². The van der Waals surface area contributed by atoms with E-state index < -0.39 is 16.8 Å². The molecular weight excluding hydrogens is 250 g/mol. The predicted molar refractivity (Wildman–Crippen MR) is 66.2 cm³/mol. The molecule has 98 valence electrons. The smallest absolute Gasteiger partial charge is 0.420 e. The SMILES string of the molecule is Cc1cccc(OC(=O)c2ccc([N+](=O)[O-])o2)c1C. The lowest BCUT2D eigenvalue weighted by atomic mass is 10.1. The minimum atomic E-state index is -0.762. The number of esters is 1. The van der Waals surface area contributed by atoms with Crippen LogP contribution in [-0.4, -0.2) is 10.9 Å². The maximum atomic E-state index is 11.8. The van der Waals surface area contributed by atoms with Crippen molar-refractivity contribution in [3.8, 4) is 5.75 Å². The van der Waals surface area contributed by atoms with Crippen LogP contribution >= 0.6 is 0 Å². The molecule has 1 aromatic heterocycles. The van der Waals surface area contributed by atoms with Gasteiger partial charge in [-0.15, -0.1) is 0 Å². The molecule has 0 bridgehead atoms. The Hall–Kier alpha value is -2.63. The molecule has 0 radical (unpaired) electrons. The first-order chi connectivity index (χ1) is 8.99. The number of nitrogens with zero attached hydrogens (tertiary/aromatic N) is 1. The Bertz CT molecular complexity index is 644. The molecule has 0 fully saturated rings. The zero-order chi connectivity index (χ0) is 14.0. The summed E-state index contributed by atoms with van der Waals surface area (Å²) in [5.41, 5.74) is 1.81. The first-order valence-electron chi connectivity index (χ1n) is 5.51. The molecule has 2 rings (SSSR count). The van der Waals surface area contributed by atoms with Gasteiger partial charge >= 0.3 is 11.9 Å². The molecule has 1 heterocycles. The van der Waals surface area contributed by atoms with Gasteiger partial charge in [-0.3, -0.25) is 10.1 Å². The second-order valence-corrected chi connectivity index (χ2v) is 3.98. The number of ether oxygens (including phenoxy) is 1. The van der Waals surface area contributed by atoms with Crippen molar-refractivity contribution < 1.29 is 18.9 Å². The summed E-state index contributed by atoms with van der Waals surface area (Å²) in [6, 6.07) is 7.63. The molecule has 0 aliphatic carbocycles. The van der Waals surface area contributed by atoms with Crippen molar-refractivity contribution in [3.63, 3.8) is 0 Å². The Morgan fingerprint density at radius 3 is 2.63 bits per heavy atom. The van der Waals surface area contributed by atoms with Gasteiger partial charge in [-0.1, -0.05) is 12.1 Å². The monoisotopic (exact) mass is 261 g/mol. The molecule has 1 aromatic carbocycles. The van der Waals surface area contributed by atoms with E-state index in [0.29, 0.717) is 5.75 Å². The van der Waals surface area contributed by atoms with E-state index in [2.05, 4.69) is 0 Å². The van der Waals surface area contributed by atoms with Crippen LogP contribution in [0.4, 0.5) is 5.88 Å². The molecule has 0 amide bonds. The predicted octanol–water partition coefficient (Wildman–Crippen LogP) is 3.02. The molecule has 0 saturated carbocycles. The first-order valence-corrected chi connectivity index (χ1v) is 5.51. The number of furan rings is 1. The van der Waals surface area contributed by atoms with Gasteiger partial charge in [-0.25, -0.2) is 4.79 Å². The van der Waals surface area contributed by atoms with E-state index >= 15 is 0 Å². The van der Waals surface area contributed by atoms with Crippen LogP contribution in [-0.2, 0) is 0 Å². The van der Waals surface area contributed by atoms with Crippen LogP contribution < -0.4 is 4.74 Å². The highest BCUT2D eigenvalue weighted by molar-refractivity contribution is 5.88. The van der Waals surface area contributed by atoms with Crippen LogP contribution in [0.5, 0.6) is 5.75 Å². The van der Waals surface area contributed by atoms with Crippen molar-refractivity contribution in [2.45, 2.75) is 13.8 Å². The summed E-state index contributed by atoms with van der Waals surface area (Å²) < 4.78 is 9.93. The maximum absolute atomic E-state index is 11.8. The fraction of sp³-hybridized carbons (Fsp3) is 0.154. The molecule has 0 atom stereocenters. The van der Waals surface area contributed by atoms with E-state index in [9.17, 15) is 14.9 Å². The zero-order valence-corrected chi connectivity index (χ0v) is 10.4. The highest BCUT2D eigenvalue weighted by atomic mass is 16.7. The summed E-state index contributed by atoms with van der Waals surface area (Å²) >= 11 is 0. The summed E-state index contributed by atoms with van der Waals surface area (Å²) in [5.74, 6) is -1.05. The lowest BCUT2D eigenvalue weighted by molar-refractivity contribution is -0.402. The number of carbonyl (C=O) groups is 1. The quantitative estimate of drug-likeness (QED) is 0.367. The van der Waals surface area contributed by atoms with Crippen LogP contribution in [0.15, 0.2) is 34.7 Å². The lowest BCUT2D eigenvalue weighted by Gasteiger charge is -2.07. The third-order valence-corrected chi connectivity index (χ3v) is 2.73. The van der Waals surface area contributed by atoms with Gasteiger partial charge in [0, 0.05) is 0 Å². The number of hydrogen-bond donors (Lipinski definition) is 0. The van der Waals surface area contributed by atoms with E-state index in [1.807, 2.05) is 19.9 Å². The van der Waals surface area contributed by atoms with Crippen LogP contribution in [0, 0.1) is 24.0 Å². The molecule has 2 aromatic rings. The second-order valence-electron chi connectivity index (χ2n) is 3.98. The minimum absolute atomic E-state index is 0.201. The van der Waals surface area contributed by atoms with Gasteiger partial charge in [0.05, 0.1) is 6.07 Å². The van der Waals surface area contributed by atoms with E-state index in [1.54, 1.807) is 12.1 Å². The van der Waals surface area contributed by atoms with Crippen molar-refractivity contribution in [1.82, 2.24) is 0 Å². The molecule has 0 aliphatic heterocycles. The van der Waals surface area contributed by atoms with Crippen molar-refractivity contribution in [3.05, 3.63) is 57.3 Å². The number of aryl methyl sites for hydroxylation is 1. The molecule has 6 heteroatoms. The Balaban J connectivity index is 2.21. The highest BCUT2D eigenvalue weighted by Crippen LogP contribution is 2.23. The van der Waals surface area contributed by atoms with Gasteiger partial charge in [-0.05, 0) is 37.1 Å². The van der Waals surface area contributed by atoms with E-state index in [1.165, 1.54) is 6.07 Å². The largest absolute Gasteiger partial charge is 0.433 e. The van der Waals surface area contributed by atoms with Crippen molar-refractivity contribution >= 4 is 11.9 Å². The summed E-state index contributed by atoms with van der Waals surface area (Å²) in [5, 5.41) is 10.5. The fourth-order valence-corrected chi connectivity index (χ4v) is 1.52. The van der Waals surface area contributed by atoms with Crippen LogP contribution in [0.1, 0.15) is 21.7 Å². The molecule has 0 unspecified atom stereocenters. The number of hydrogen-bond acceptors (Lipinski definition) is 5. The van der Waals surface area contributed by atoms with E-state index in [4.69, 9.17) is 9.15 Å². The molecule has 0 aliphatic rings. The van der Waals surface area contributed by atoms with Gasteiger partial charge in [0.15, 0.2) is 0 Å². The summed E-state index contributed by atoms with van der Waals surface area (Å²) in [4.78, 5) is 21.5. The minimum Gasteiger partial charge on any atom is -0.420 e. The van der Waals surface area contributed by atoms with Gasteiger partial charge in [0.1, 0.15) is 10.7 Å². The Kier molecular flexibility index (Phi) is 3.33. The Morgan fingerprint density at radius 2 is 2.00 bits per heavy atom. The number of benzene rings is 1. The molecule has 0 spiro atoms. The third-order valence-electron chi connectivity index (χ3n) is 2.73. The van der Waals surface area contributed by atoms with Gasteiger partial charge < -0.3 is 9.15 Å². The fourth-order valence-electron chi connectivity index (χ4n) is 1.52. The van der Waals surface area contributed by atoms with E-state index in [0.717, 1.165) is 17.2 Å². The average Bonchev–Trinajstić information content (AvgIpc) is 2.84. The number of rotatable bonds is 3. The molecule has 19 heavy (non-hydrogen) atoms. The van der Waals surface area contributed by atoms with Crippen molar-refractivity contribution in [1.29, 1.82) is 0 Å². The Morgan fingerprint density at radius 1 is 1.26 bits per heavy atom. The number of carbonyl (C=O) groups excluding carboxylic acids is 1. The topological polar surface area (TPSA) is 82.6 Å². The first kappa shape index (κ1) is 12.8. The maximum Gasteiger partial charge on any atom is 0.433 e. The standard InChI is InChI=1S/C13H11NO5/c1-8-4-3-5-10(9(8)2)19-13(15)11-6-7-12(18-11)14(16)17/h3-7H,1-2H3. The summed E-state index contributed by atoms with van der Waals surface area (Å²) in [6.07, 6.45) is 0. The molecule has 0 saturated heterocycles. The van der Waals surface area contributed by atoms with Gasteiger partial charge in [-0.2, -0.15) is 0 Å². The highest BCUT2D eigenvalue weighted by Gasteiger charge is 2.19. The normalized spacial score (nSPS) is 10.2. The second kappa shape index (κ2) is 4.93. The van der Waals surface area contributed by atoms with Gasteiger partial charge in [0.2, 0.25) is 5.76 Å². The van der Waals surface area contributed by atoms with Crippen LogP contribution in [0.3, 0.4) is 0 Å². The molecule has 6 nitrogen and oxygen atoms in total. The zero-order valence-electron chi connectivity index (χ0n) is 10.4. The molecule has 0 N–H and O–H groups in total. The summed E-state index contributed by atoms with van der Waals surface area (Å²) in [7, 11) is 0. The third kappa shape index (κ3) is 2.62. The molecular formula is C13H11NO5. The van der Waals surface area contributed by atoms with E-state index in [-0.39, 0.29) is 5.76 Å². The number of nitro groups is 1. The lowest BCUT2D eigenvalue weighted by Crippen LogP contribution is -2.08. The van der Waals surface area contributed by atoms with Gasteiger partial charge in [0.25, 0.3) is 0 Å².